The Bertz CT molecular complexity index is 545. The molecule has 3 heteroatoms. The van der Waals surface area contributed by atoms with E-state index >= 15 is 0 Å². The summed E-state index contributed by atoms with van der Waals surface area (Å²) < 4.78 is 11.7. The Morgan fingerprint density at radius 3 is 2.55 bits per heavy atom. The summed E-state index contributed by atoms with van der Waals surface area (Å²) in [5.74, 6) is 0.887. The third-order valence-corrected chi connectivity index (χ3v) is 4.46. The Labute approximate surface area is 120 Å². The summed E-state index contributed by atoms with van der Waals surface area (Å²) in [4.78, 5) is 13.0. The lowest BCUT2D eigenvalue weighted by molar-refractivity contribution is -0.131. The first-order valence-corrected chi connectivity index (χ1v) is 7.26. The average Bonchev–Trinajstić information content (AvgIpc) is 2.86. The molecule has 0 saturated carbocycles. The van der Waals surface area contributed by atoms with Gasteiger partial charge in [0.1, 0.15) is 18.1 Å². The number of ketones is 1. The van der Waals surface area contributed by atoms with Crippen LogP contribution in [-0.2, 0) is 9.53 Å². The topological polar surface area (TPSA) is 35.5 Å². The van der Waals surface area contributed by atoms with Crippen LogP contribution in [0.25, 0.3) is 0 Å². The van der Waals surface area contributed by atoms with Gasteiger partial charge in [-0.1, -0.05) is 18.2 Å². The molecule has 1 saturated heterocycles. The Morgan fingerprint density at radius 2 is 1.90 bits per heavy atom. The van der Waals surface area contributed by atoms with Gasteiger partial charge in [-0.05, 0) is 40.2 Å². The number of hydrogen-bond donors (Lipinski definition) is 0. The maximum Gasteiger partial charge on any atom is 0.149 e. The van der Waals surface area contributed by atoms with Crippen molar-refractivity contribution < 1.29 is 14.3 Å². The molecule has 0 radical (unpaired) electrons. The number of fused-ring (bicyclic) bond motifs is 1. The zero-order valence-corrected chi connectivity index (χ0v) is 12.6. The molecule has 3 nitrogen and oxygen atoms in total. The number of Topliss-reactive ketones (excluding diaryl/α,β-unsaturated/α-hetero) is 1. The summed E-state index contributed by atoms with van der Waals surface area (Å²) in [6.45, 7) is 8.62. The predicted octanol–water partition coefficient (Wildman–Crippen LogP) is 3.33. The SMILES string of the molecule is CC1(C)CC(C(=O)C2COc3ccccc32)C(C)(C)O1. The molecule has 2 unspecified atom stereocenters. The molecule has 3 rings (SSSR count). The van der Waals surface area contributed by atoms with E-state index in [1.165, 1.54) is 0 Å². The number of ether oxygens (including phenoxy) is 2. The van der Waals surface area contributed by atoms with E-state index in [0.29, 0.717) is 6.61 Å². The van der Waals surface area contributed by atoms with Crippen molar-refractivity contribution in [1.29, 1.82) is 0 Å². The maximum atomic E-state index is 13.0. The Kier molecular flexibility index (Phi) is 2.94. The molecule has 0 aromatic heterocycles. The minimum absolute atomic E-state index is 0.0720. The van der Waals surface area contributed by atoms with Crippen molar-refractivity contribution in [2.45, 2.75) is 51.2 Å². The van der Waals surface area contributed by atoms with Crippen molar-refractivity contribution in [3.05, 3.63) is 29.8 Å². The van der Waals surface area contributed by atoms with E-state index in [4.69, 9.17) is 9.47 Å². The zero-order valence-electron chi connectivity index (χ0n) is 12.6. The van der Waals surface area contributed by atoms with Crippen LogP contribution in [-0.4, -0.2) is 23.6 Å². The predicted molar refractivity (Wildman–Crippen MR) is 77.0 cm³/mol. The average molecular weight is 274 g/mol. The first-order chi connectivity index (χ1) is 9.30. The molecule has 108 valence electrons. The van der Waals surface area contributed by atoms with Gasteiger partial charge in [0.15, 0.2) is 0 Å². The lowest BCUT2D eigenvalue weighted by Crippen LogP contribution is -2.36. The van der Waals surface area contributed by atoms with E-state index in [9.17, 15) is 4.79 Å². The van der Waals surface area contributed by atoms with Gasteiger partial charge in [0.2, 0.25) is 0 Å². The van der Waals surface area contributed by atoms with Gasteiger partial charge in [0.25, 0.3) is 0 Å². The zero-order chi connectivity index (χ0) is 14.5. The van der Waals surface area contributed by atoms with E-state index in [2.05, 4.69) is 13.8 Å². The fraction of sp³-hybridized carbons (Fsp3) is 0.588. The van der Waals surface area contributed by atoms with Crippen LogP contribution in [0, 0.1) is 5.92 Å². The van der Waals surface area contributed by atoms with Crippen LogP contribution in [0.1, 0.15) is 45.6 Å². The van der Waals surface area contributed by atoms with Gasteiger partial charge in [-0.3, -0.25) is 4.79 Å². The fourth-order valence-corrected chi connectivity index (χ4v) is 3.65. The second kappa shape index (κ2) is 4.32. The molecule has 2 aliphatic rings. The smallest absolute Gasteiger partial charge is 0.149 e. The monoisotopic (exact) mass is 274 g/mol. The van der Waals surface area contributed by atoms with E-state index in [1.54, 1.807) is 0 Å². The lowest BCUT2D eigenvalue weighted by Gasteiger charge is -2.27. The molecule has 1 aromatic carbocycles. The molecule has 1 aromatic rings. The third-order valence-electron chi connectivity index (χ3n) is 4.46. The highest BCUT2D eigenvalue weighted by Crippen LogP contribution is 2.46. The van der Waals surface area contributed by atoms with Crippen molar-refractivity contribution in [1.82, 2.24) is 0 Å². The molecule has 2 heterocycles. The van der Waals surface area contributed by atoms with Crippen LogP contribution in [0.4, 0.5) is 0 Å². The van der Waals surface area contributed by atoms with Gasteiger partial charge >= 0.3 is 0 Å². The molecule has 0 amide bonds. The van der Waals surface area contributed by atoms with Crippen LogP contribution in [0.15, 0.2) is 24.3 Å². The number of benzene rings is 1. The minimum atomic E-state index is -0.405. The van der Waals surface area contributed by atoms with Crippen molar-refractivity contribution in [2.24, 2.45) is 5.92 Å². The molecular weight excluding hydrogens is 252 g/mol. The highest BCUT2D eigenvalue weighted by Gasteiger charge is 2.51. The summed E-state index contributed by atoms with van der Waals surface area (Å²) >= 11 is 0. The van der Waals surface area contributed by atoms with E-state index in [1.807, 2.05) is 38.1 Å². The quantitative estimate of drug-likeness (QED) is 0.830. The second-order valence-corrected chi connectivity index (χ2v) is 7.03. The summed E-state index contributed by atoms with van der Waals surface area (Å²) in [6, 6.07) is 7.84. The fourth-order valence-electron chi connectivity index (χ4n) is 3.65. The molecular formula is C17H22O3. The molecule has 20 heavy (non-hydrogen) atoms. The molecule has 0 N–H and O–H groups in total. The molecule has 0 aliphatic carbocycles. The molecule has 2 aliphatic heterocycles. The first-order valence-electron chi connectivity index (χ1n) is 7.26. The van der Waals surface area contributed by atoms with E-state index in [-0.39, 0.29) is 23.2 Å². The molecule has 0 spiro atoms. The Balaban J connectivity index is 1.88. The maximum absolute atomic E-state index is 13.0. The number of hydrogen-bond acceptors (Lipinski definition) is 3. The standard InChI is InChI=1S/C17H22O3/c1-16(2)9-13(17(3,4)20-16)15(18)12-10-19-14-8-6-5-7-11(12)14/h5-8,12-13H,9-10H2,1-4H3. The molecule has 1 fully saturated rings. The number of carbonyl (C=O) groups is 1. The van der Waals surface area contributed by atoms with Gasteiger partial charge < -0.3 is 9.47 Å². The van der Waals surface area contributed by atoms with Gasteiger partial charge in [-0.25, -0.2) is 0 Å². The lowest BCUT2D eigenvalue weighted by atomic mass is 9.78. The molecule has 0 bridgehead atoms. The summed E-state index contributed by atoms with van der Waals surface area (Å²) in [5.41, 5.74) is 0.388. The van der Waals surface area contributed by atoms with Crippen LogP contribution in [0.3, 0.4) is 0 Å². The highest BCUT2D eigenvalue weighted by atomic mass is 16.5. The van der Waals surface area contributed by atoms with Crippen LogP contribution in [0.5, 0.6) is 5.75 Å². The number of para-hydroxylation sites is 1. The van der Waals surface area contributed by atoms with Crippen molar-refractivity contribution in [2.75, 3.05) is 6.61 Å². The van der Waals surface area contributed by atoms with Gasteiger partial charge in [0, 0.05) is 11.5 Å². The first kappa shape index (κ1) is 13.6. The van der Waals surface area contributed by atoms with E-state index < -0.39 is 5.60 Å². The largest absolute Gasteiger partial charge is 0.492 e. The Morgan fingerprint density at radius 1 is 1.20 bits per heavy atom. The second-order valence-electron chi connectivity index (χ2n) is 7.03. The normalized spacial score (nSPS) is 29.8. The Hall–Kier alpha value is -1.35. The van der Waals surface area contributed by atoms with Gasteiger partial charge in [0.05, 0.1) is 17.1 Å². The number of carbonyl (C=O) groups excluding carboxylic acids is 1. The summed E-state index contributed by atoms with van der Waals surface area (Å²) in [7, 11) is 0. The van der Waals surface area contributed by atoms with Gasteiger partial charge in [-0.2, -0.15) is 0 Å². The van der Waals surface area contributed by atoms with Crippen LogP contribution in [0.2, 0.25) is 0 Å². The van der Waals surface area contributed by atoms with Crippen molar-refractivity contribution >= 4 is 5.78 Å². The number of rotatable bonds is 2. The summed E-state index contributed by atoms with van der Waals surface area (Å²) in [6.07, 6.45) is 0.775. The van der Waals surface area contributed by atoms with Crippen molar-refractivity contribution in [3.8, 4) is 5.75 Å². The van der Waals surface area contributed by atoms with Gasteiger partial charge in [-0.15, -0.1) is 0 Å². The molecule has 2 atom stereocenters. The van der Waals surface area contributed by atoms with Crippen LogP contribution < -0.4 is 4.74 Å². The summed E-state index contributed by atoms with van der Waals surface area (Å²) in [5, 5.41) is 0. The minimum Gasteiger partial charge on any atom is -0.492 e. The third kappa shape index (κ3) is 2.14. The van der Waals surface area contributed by atoms with Crippen LogP contribution >= 0.6 is 0 Å². The van der Waals surface area contributed by atoms with Crippen molar-refractivity contribution in [3.63, 3.8) is 0 Å². The highest BCUT2D eigenvalue weighted by molar-refractivity contribution is 5.90. The van der Waals surface area contributed by atoms with E-state index in [0.717, 1.165) is 17.7 Å².